The number of hydrogen-bond acceptors (Lipinski definition) is 5. The average Bonchev–Trinajstić information content (AvgIpc) is 3.05. The second kappa shape index (κ2) is 8.07. The maximum atomic E-state index is 13.0. The maximum absolute atomic E-state index is 13.0. The Hall–Kier alpha value is -2.10. The summed E-state index contributed by atoms with van der Waals surface area (Å²) in [7, 11) is 1.79. The van der Waals surface area contributed by atoms with Crippen LogP contribution in [0.3, 0.4) is 0 Å². The maximum Gasteiger partial charge on any atom is 0.263 e. The third-order valence-corrected chi connectivity index (χ3v) is 6.49. The topological polar surface area (TPSA) is 58.7 Å². The molecule has 6 heteroatoms. The van der Waals surface area contributed by atoms with Gasteiger partial charge in [0.1, 0.15) is 4.83 Å². The van der Waals surface area contributed by atoms with E-state index in [9.17, 15) is 4.79 Å². The molecule has 0 spiro atoms. The van der Waals surface area contributed by atoms with Gasteiger partial charge in [-0.25, -0.2) is 4.98 Å². The second-order valence-corrected chi connectivity index (χ2v) is 8.27. The zero-order valence-electron chi connectivity index (χ0n) is 15.2. The average molecular weight is 384 g/mol. The molecule has 0 aliphatic rings. The van der Waals surface area contributed by atoms with Crippen molar-refractivity contribution in [2.24, 2.45) is 7.05 Å². The van der Waals surface area contributed by atoms with Crippen molar-refractivity contribution in [1.29, 1.82) is 5.26 Å². The lowest BCUT2D eigenvalue weighted by Gasteiger charge is -2.08. The molecule has 0 bridgehead atoms. The highest BCUT2D eigenvalue weighted by molar-refractivity contribution is 7.99. The van der Waals surface area contributed by atoms with Gasteiger partial charge in [-0.1, -0.05) is 30.0 Å². The lowest BCUT2D eigenvalue weighted by molar-refractivity contribution is 0.726. The number of fused-ring (bicyclic) bond motifs is 1. The van der Waals surface area contributed by atoms with Gasteiger partial charge in [-0.15, -0.1) is 11.3 Å². The van der Waals surface area contributed by atoms with Crippen molar-refractivity contribution in [3.63, 3.8) is 0 Å². The zero-order chi connectivity index (χ0) is 18.7. The monoisotopic (exact) mass is 383 g/mol. The van der Waals surface area contributed by atoms with Gasteiger partial charge >= 0.3 is 0 Å². The molecule has 134 valence electrons. The van der Waals surface area contributed by atoms with Crippen LogP contribution in [0.25, 0.3) is 21.3 Å². The largest absolute Gasteiger partial charge is 0.290 e. The number of thiophene rings is 1. The van der Waals surface area contributed by atoms with E-state index in [2.05, 4.69) is 38.1 Å². The number of nitrogens with zero attached hydrogens (tertiary/aromatic N) is 3. The second-order valence-electron chi connectivity index (χ2n) is 6.35. The summed E-state index contributed by atoms with van der Waals surface area (Å²) >= 11 is 3.11. The highest BCUT2D eigenvalue weighted by Crippen LogP contribution is 2.33. The van der Waals surface area contributed by atoms with Gasteiger partial charge in [-0.05, 0) is 43.4 Å². The Morgan fingerprint density at radius 2 is 2.08 bits per heavy atom. The minimum Gasteiger partial charge on any atom is -0.290 e. The van der Waals surface area contributed by atoms with Crippen LogP contribution in [0.5, 0.6) is 0 Å². The summed E-state index contributed by atoms with van der Waals surface area (Å²) in [4.78, 5) is 18.5. The van der Waals surface area contributed by atoms with Gasteiger partial charge in [-0.2, -0.15) is 5.26 Å². The number of aromatic nitrogens is 2. The molecule has 1 aromatic carbocycles. The summed E-state index contributed by atoms with van der Waals surface area (Å²) in [5, 5.41) is 12.1. The summed E-state index contributed by atoms with van der Waals surface area (Å²) < 4.78 is 1.65. The Kier molecular flexibility index (Phi) is 5.80. The van der Waals surface area contributed by atoms with E-state index in [1.54, 1.807) is 23.4 Å². The molecular formula is C20H21N3OS2. The summed E-state index contributed by atoms with van der Waals surface area (Å²) in [5.41, 5.74) is 4.50. The van der Waals surface area contributed by atoms with Crippen LogP contribution in [0.4, 0.5) is 0 Å². The minimum absolute atomic E-state index is 0.00371. The van der Waals surface area contributed by atoms with Crippen molar-refractivity contribution in [2.75, 3.05) is 5.75 Å². The van der Waals surface area contributed by atoms with Gasteiger partial charge in [0.2, 0.25) is 0 Å². The van der Waals surface area contributed by atoms with Crippen molar-refractivity contribution >= 4 is 33.3 Å². The first-order valence-electron chi connectivity index (χ1n) is 8.58. The van der Waals surface area contributed by atoms with Crippen LogP contribution in [0.15, 0.2) is 33.5 Å². The van der Waals surface area contributed by atoms with E-state index in [0.29, 0.717) is 11.8 Å². The van der Waals surface area contributed by atoms with Crippen LogP contribution in [0.1, 0.15) is 30.4 Å². The van der Waals surface area contributed by atoms with Gasteiger partial charge < -0.3 is 0 Å². The van der Waals surface area contributed by atoms with Gasteiger partial charge in [0.25, 0.3) is 5.56 Å². The fourth-order valence-electron chi connectivity index (χ4n) is 2.77. The third-order valence-electron chi connectivity index (χ3n) is 4.51. The van der Waals surface area contributed by atoms with Crippen molar-refractivity contribution in [3.05, 3.63) is 45.1 Å². The van der Waals surface area contributed by atoms with E-state index in [4.69, 9.17) is 10.2 Å². The standard InChI is InChI=1S/C20H21N3OS2/c1-13-7-8-15(11-14(13)2)16-12-26-18-17(16)19(24)23(3)20(22-18)25-10-6-4-5-9-21/h7-8,11-12H,4-6,10H2,1-3H3. The number of aryl methyl sites for hydroxylation is 2. The number of unbranched alkanes of at least 4 members (excludes halogenated alkanes) is 2. The lowest BCUT2D eigenvalue weighted by atomic mass is 10.0. The van der Waals surface area contributed by atoms with Crippen LogP contribution in [-0.4, -0.2) is 15.3 Å². The Balaban J connectivity index is 1.95. The molecule has 0 saturated heterocycles. The molecule has 4 nitrogen and oxygen atoms in total. The first kappa shape index (κ1) is 18.7. The van der Waals surface area contributed by atoms with E-state index >= 15 is 0 Å². The van der Waals surface area contributed by atoms with E-state index in [-0.39, 0.29) is 5.56 Å². The van der Waals surface area contributed by atoms with Gasteiger partial charge in [0.05, 0.1) is 11.5 Å². The fraction of sp³-hybridized carbons (Fsp3) is 0.350. The highest BCUT2D eigenvalue weighted by atomic mass is 32.2. The summed E-state index contributed by atoms with van der Waals surface area (Å²) in [6.45, 7) is 4.18. The molecule has 2 aromatic heterocycles. The number of hydrogen-bond donors (Lipinski definition) is 0. The van der Waals surface area contributed by atoms with E-state index in [1.807, 2.05) is 5.38 Å². The minimum atomic E-state index is 0.00371. The van der Waals surface area contributed by atoms with Crippen molar-refractivity contribution < 1.29 is 0 Å². The smallest absolute Gasteiger partial charge is 0.263 e. The predicted octanol–water partition coefficient (Wildman–Crippen LogP) is 5.06. The summed E-state index contributed by atoms with van der Waals surface area (Å²) in [6.07, 6.45) is 2.41. The van der Waals surface area contributed by atoms with Crippen molar-refractivity contribution in [3.8, 4) is 17.2 Å². The molecule has 0 atom stereocenters. The zero-order valence-corrected chi connectivity index (χ0v) is 16.8. The highest BCUT2D eigenvalue weighted by Gasteiger charge is 2.16. The van der Waals surface area contributed by atoms with Crippen molar-refractivity contribution in [2.45, 2.75) is 38.3 Å². The third kappa shape index (κ3) is 3.69. The number of benzene rings is 1. The van der Waals surface area contributed by atoms with Crippen LogP contribution >= 0.6 is 23.1 Å². The predicted molar refractivity (Wildman–Crippen MR) is 110 cm³/mol. The number of thioether (sulfide) groups is 1. The van der Waals surface area contributed by atoms with Crippen LogP contribution in [-0.2, 0) is 7.05 Å². The Morgan fingerprint density at radius 3 is 2.81 bits per heavy atom. The summed E-state index contributed by atoms with van der Waals surface area (Å²) in [5.74, 6) is 0.864. The first-order chi connectivity index (χ1) is 12.5. The quantitative estimate of drug-likeness (QED) is 0.339. The van der Waals surface area contributed by atoms with E-state index in [1.165, 1.54) is 22.5 Å². The molecule has 2 heterocycles. The van der Waals surface area contributed by atoms with Crippen LogP contribution in [0.2, 0.25) is 0 Å². The molecule has 3 aromatic rings. The molecule has 0 saturated carbocycles. The normalized spacial score (nSPS) is 11.0. The Morgan fingerprint density at radius 1 is 1.27 bits per heavy atom. The van der Waals surface area contributed by atoms with E-state index in [0.717, 1.165) is 39.7 Å². The molecule has 0 aliphatic carbocycles. The molecule has 3 rings (SSSR count). The fourth-order valence-corrected chi connectivity index (χ4v) is 4.73. The van der Waals surface area contributed by atoms with Crippen molar-refractivity contribution in [1.82, 2.24) is 9.55 Å². The first-order valence-corrected chi connectivity index (χ1v) is 10.4. The molecule has 0 unspecified atom stereocenters. The Bertz CT molecular complexity index is 1040. The molecule has 0 radical (unpaired) electrons. The number of rotatable bonds is 6. The molecule has 26 heavy (non-hydrogen) atoms. The molecule has 0 amide bonds. The van der Waals surface area contributed by atoms with Gasteiger partial charge in [0, 0.05) is 30.2 Å². The van der Waals surface area contributed by atoms with E-state index < -0.39 is 0 Å². The lowest BCUT2D eigenvalue weighted by Crippen LogP contribution is -2.19. The Labute approximate surface area is 161 Å². The SMILES string of the molecule is Cc1ccc(-c2csc3nc(SCCCCC#N)n(C)c(=O)c23)cc1C. The molecule has 0 aliphatic heterocycles. The van der Waals surface area contributed by atoms with Crippen LogP contribution in [0, 0.1) is 25.2 Å². The van der Waals surface area contributed by atoms with Gasteiger partial charge in [0.15, 0.2) is 5.16 Å². The van der Waals surface area contributed by atoms with Crippen LogP contribution < -0.4 is 5.56 Å². The summed E-state index contributed by atoms with van der Waals surface area (Å²) in [6, 6.07) is 8.46. The molecule has 0 fully saturated rings. The number of nitriles is 1. The van der Waals surface area contributed by atoms with Gasteiger partial charge in [-0.3, -0.25) is 9.36 Å². The molecule has 0 N–H and O–H groups in total. The molecular weight excluding hydrogens is 362 g/mol.